The van der Waals surface area contributed by atoms with Gasteiger partial charge in [-0.05, 0) is 60.9 Å². The smallest absolute Gasteiger partial charge is 0.193 e. The van der Waals surface area contributed by atoms with Gasteiger partial charge < -0.3 is 18.3 Å². The molecule has 7 heteroatoms. The van der Waals surface area contributed by atoms with Crippen LogP contribution in [0, 0.1) is 5.92 Å². The molecule has 0 bridgehead atoms. The van der Waals surface area contributed by atoms with Gasteiger partial charge in [-0.15, -0.1) is 6.58 Å². The summed E-state index contributed by atoms with van der Waals surface area (Å²) in [5, 5.41) is 0.899. The van der Waals surface area contributed by atoms with Crippen LogP contribution in [0.25, 0.3) is 0 Å². The molecule has 0 saturated carbocycles. The van der Waals surface area contributed by atoms with Crippen LogP contribution in [0.15, 0.2) is 49.1 Å². The van der Waals surface area contributed by atoms with E-state index in [0.29, 0.717) is 18.2 Å². The van der Waals surface area contributed by atoms with Crippen molar-refractivity contribution in [2.45, 2.75) is 103 Å². The topological polar surface area (TPSA) is 36.9 Å². The van der Waals surface area contributed by atoms with Gasteiger partial charge in [0, 0.05) is 10.9 Å². The zero-order valence-electron chi connectivity index (χ0n) is 24.2. The molecule has 0 aliphatic carbocycles. The molecule has 0 spiro atoms. The maximum Gasteiger partial charge on any atom is 0.193 e. The summed E-state index contributed by atoms with van der Waals surface area (Å²) < 4.78 is 25.9. The molecule has 1 heterocycles. The Labute approximate surface area is 227 Å². The maximum atomic E-state index is 6.78. The lowest BCUT2D eigenvalue weighted by Crippen LogP contribution is -2.46. The van der Waals surface area contributed by atoms with E-state index in [1.165, 1.54) is 0 Å². The van der Waals surface area contributed by atoms with Gasteiger partial charge in [-0.25, -0.2) is 0 Å². The van der Waals surface area contributed by atoms with E-state index in [2.05, 4.69) is 86.5 Å². The second kappa shape index (κ2) is 12.3. The number of ether oxygens (including phenoxy) is 2. The first kappa shape index (κ1) is 31.3. The molecule has 1 aliphatic heterocycles. The van der Waals surface area contributed by atoms with Crippen molar-refractivity contribution < 1.29 is 18.3 Å². The Balaban J connectivity index is 2.21. The van der Waals surface area contributed by atoms with Gasteiger partial charge >= 0.3 is 0 Å². The van der Waals surface area contributed by atoms with Gasteiger partial charge in [-0.3, -0.25) is 0 Å². The molecule has 1 saturated heterocycles. The van der Waals surface area contributed by atoms with E-state index < -0.39 is 16.6 Å². The average molecular weight is 553 g/mol. The summed E-state index contributed by atoms with van der Waals surface area (Å²) >= 11 is 6.15. The van der Waals surface area contributed by atoms with Crippen molar-refractivity contribution in [2.75, 3.05) is 13.2 Å². The van der Waals surface area contributed by atoms with Gasteiger partial charge in [0.2, 0.25) is 0 Å². The van der Waals surface area contributed by atoms with Gasteiger partial charge in [-0.2, -0.15) is 0 Å². The van der Waals surface area contributed by atoms with E-state index in [0.717, 1.165) is 12.2 Å². The van der Waals surface area contributed by atoms with Crippen molar-refractivity contribution in [1.82, 2.24) is 0 Å². The molecule has 1 aromatic rings. The van der Waals surface area contributed by atoms with Gasteiger partial charge in [0.05, 0.1) is 24.9 Å². The summed E-state index contributed by atoms with van der Waals surface area (Å²) in [5.74, 6) is 0.972. The monoisotopic (exact) mass is 552 g/mol. The second-order valence-corrected chi connectivity index (χ2v) is 22.9. The highest BCUT2D eigenvalue weighted by molar-refractivity contribution is 6.74. The normalized spacial score (nSPS) is 22.7. The predicted octanol–water partition coefficient (Wildman–Crippen LogP) is 8.65. The molecule has 0 aromatic heterocycles. The van der Waals surface area contributed by atoms with E-state index in [1.54, 1.807) is 0 Å². The van der Waals surface area contributed by atoms with Crippen LogP contribution in [0.5, 0.6) is 5.75 Å². The lowest BCUT2D eigenvalue weighted by atomic mass is 9.95. The number of halogens is 1. The zero-order valence-corrected chi connectivity index (χ0v) is 26.9. The van der Waals surface area contributed by atoms with E-state index >= 15 is 0 Å². The number of hydrogen-bond acceptors (Lipinski definition) is 4. The van der Waals surface area contributed by atoms with Crippen molar-refractivity contribution in [1.29, 1.82) is 0 Å². The van der Waals surface area contributed by atoms with Crippen LogP contribution in [0.4, 0.5) is 0 Å². The van der Waals surface area contributed by atoms with Crippen LogP contribution >= 0.6 is 11.6 Å². The molecular weight excluding hydrogens is 504 g/mol. The van der Waals surface area contributed by atoms with Crippen LogP contribution in [0.2, 0.25) is 41.3 Å². The third-order valence-corrected chi connectivity index (χ3v) is 17.3. The molecular formula is C29H49ClO4Si2. The number of benzene rings is 1. The zero-order chi connectivity index (χ0) is 27.4. The molecule has 4 nitrogen and oxygen atoms in total. The van der Waals surface area contributed by atoms with Crippen LogP contribution in [0.3, 0.4) is 0 Å². The summed E-state index contributed by atoms with van der Waals surface area (Å²) in [7, 11) is -3.94. The first-order valence-corrected chi connectivity index (χ1v) is 19.3. The van der Waals surface area contributed by atoms with E-state index in [-0.39, 0.29) is 34.3 Å². The van der Waals surface area contributed by atoms with Gasteiger partial charge in [-0.1, -0.05) is 77.4 Å². The van der Waals surface area contributed by atoms with Crippen molar-refractivity contribution in [2.24, 2.45) is 5.92 Å². The summed E-state index contributed by atoms with van der Waals surface area (Å²) in [4.78, 5) is 0. The molecule has 0 unspecified atom stereocenters. The lowest BCUT2D eigenvalue weighted by molar-refractivity contribution is 0.109. The summed E-state index contributed by atoms with van der Waals surface area (Å²) in [6.07, 6.45) is 6.94. The number of allylic oxidation sites excluding steroid dienone is 1. The van der Waals surface area contributed by atoms with Crippen LogP contribution in [0.1, 0.15) is 48.0 Å². The molecule has 2 rings (SSSR count). The van der Waals surface area contributed by atoms with Crippen molar-refractivity contribution in [3.05, 3.63) is 54.1 Å². The fourth-order valence-corrected chi connectivity index (χ4v) is 6.46. The minimum absolute atomic E-state index is 0.0468. The quantitative estimate of drug-likeness (QED) is 0.203. The van der Waals surface area contributed by atoms with Crippen LogP contribution in [-0.4, -0.2) is 48.2 Å². The summed E-state index contributed by atoms with van der Waals surface area (Å²) in [6.45, 7) is 27.7. The van der Waals surface area contributed by atoms with Gasteiger partial charge in [0.25, 0.3) is 0 Å². The third-order valence-electron chi connectivity index (χ3n) is 8.02. The fourth-order valence-electron chi connectivity index (χ4n) is 3.67. The molecule has 1 fully saturated rings. The first-order chi connectivity index (χ1) is 16.5. The second-order valence-electron chi connectivity index (χ2n) is 13.0. The largest absolute Gasteiger partial charge is 0.491 e. The Morgan fingerprint density at radius 1 is 1.08 bits per heavy atom. The first-order valence-electron chi connectivity index (χ1n) is 13.1. The fraction of sp³-hybridized carbons (Fsp3) is 0.655. The minimum atomic E-state index is -2.03. The Hall–Kier alpha value is -0.896. The molecule has 204 valence electrons. The summed E-state index contributed by atoms with van der Waals surface area (Å²) in [5.41, 5.74) is 0. The molecule has 36 heavy (non-hydrogen) atoms. The Morgan fingerprint density at radius 2 is 1.72 bits per heavy atom. The molecule has 1 aromatic carbocycles. The molecule has 1 aliphatic rings. The molecule has 0 amide bonds. The highest BCUT2D eigenvalue weighted by Crippen LogP contribution is 2.41. The van der Waals surface area contributed by atoms with Crippen molar-refractivity contribution in [3.63, 3.8) is 0 Å². The van der Waals surface area contributed by atoms with E-state index in [4.69, 9.17) is 29.9 Å². The standard InChI is InChI=1S/C29H49ClO4Si2/c1-12-14-25-26(32-21-27(25)34-36(10,11)29(5,6)7)18-17-24(33-35(8,9)28(2,3)4)20-31-23-16-13-15-22(30)19-23/h12-13,15-19,24-27H,1,14,20-21H2,2-11H3/b18-17+/t24-,25-,26-,27+/m1/s1. The van der Waals surface area contributed by atoms with Crippen LogP contribution < -0.4 is 4.74 Å². The highest BCUT2D eigenvalue weighted by Gasteiger charge is 2.44. The Kier molecular flexibility index (Phi) is 10.7. The number of rotatable bonds is 11. The average Bonchev–Trinajstić information content (AvgIpc) is 3.09. The molecule has 0 radical (unpaired) electrons. The van der Waals surface area contributed by atoms with Crippen molar-refractivity contribution >= 4 is 28.2 Å². The lowest BCUT2D eigenvalue weighted by Gasteiger charge is -2.39. The Bertz CT molecular complexity index is 886. The number of hydrogen-bond donors (Lipinski definition) is 0. The van der Waals surface area contributed by atoms with Crippen molar-refractivity contribution in [3.8, 4) is 5.75 Å². The third kappa shape index (κ3) is 8.57. The maximum absolute atomic E-state index is 6.78. The highest BCUT2D eigenvalue weighted by atomic mass is 35.5. The van der Waals surface area contributed by atoms with Gasteiger partial charge in [0.15, 0.2) is 16.6 Å². The molecule has 4 atom stereocenters. The minimum Gasteiger partial charge on any atom is -0.491 e. The predicted molar refractivity (Wildman–Crippen MR) is 158 cm³/mol. The van der Waals surface area contributed by atoms with Crippen LogP contribution in [-0.2, 0) is 13.6 Å². The van der Waals surface area contributed by atoms with Gasteiger partial charge in [0.1, 0.15) is 12.4 Å². The summed E-state index contributed by atoms with van der Waals surface area (Å²) in [6, 6.07) is 7.49. The van der Waals surface area contributed by atoms with E-state index in [1.807, 2.05) is 30.3 Å². The molecule has 0 N–H and O–H groups in total. The van der Waals surface area contributed by atoms with E-state index in [9.17, 15) is 0 Å². The SMILES string of the molecule is C=CC[C@H]1[C@@H](O[Si](C)(C)C(C)(C)C)CO[C@@H]1/C=C/[C@H](COc1cccc(Cl)c1)O[Si](C)(C)C(C)(C)C. The Morgan fingerprint density at radius 3 is 2.28 bits per heavy atom.